The highest BCUT2D eigenvalue weighted by Crippen LogP contribution is 2.34. The number of rotatable bonds is 2. The van der Waals surface area contributed by atoms with E-state index in [-0.39, 0.29) is 0 Å². The standard InChI is InChI=1S/C10H14N4O5/c15-1-4-6(16)7(17)10(19-4)14-3-13-5-8(14)11-2-12-9(5)18/h2-4,6-7,9-10,15-18H,1H2,(H,11,12)/t4-,6-,7?,9?,10-/m1/s1. The lowest BCUT2D eigenvalue weighted by molar-refractivity contribution is -0.0518. The average molecular weight is 270 g/mol. The molecule has 0 aromatic carbocycles. The van der Waals surface area contributed by atoms with E-state index in [9.17, 15) is 15.3 Å². The minimum atomic E-state index is -1.20. The third-order valence-electron chi connectivity index (χ3n) is 3.27. The summed E-state index contributed by atoms with van der Waals surface area (Å²) in [5.74, 6) is 0.428. The monoisotopic (exact) mass is 270 g/mol. The van der Waals surface area contributed by atoms with Gasteiger partial charge in [-0.1, -0.05) is 0 Å². The molecule has 1 aromatic heterocycles. The van der Waals surface area contributed by atoms with Gasteiger partial charge in [0.25, 0.3) is 0 Å². The first-order valence-electron chi connectivity index (χ1n) is 5.79. The molecule has 0 radical (unpaired) electrons. The lowest BCUT2D eigenvalue weighted by Gasteiger charge is -2.21. The van der Waals surface area contributed by atoms with Crippen LogP contribution in [0.15, 0.2) is 11.3 Å². The van der Waals surface area contributed by atoms with Gasteiger partial charge >= 0.3 is 0 Å². The molecule has 104 valence electrons. The first-order chi connectivity index (χ1) is 9.13. The highest BCUT2D eigenvalue weighted by atomic mass is 16.6. The normalized spacial score (nSPS) is 37.2. The van der Waals surface area contributed by atoms with Crippen LogP contribution in [0.1, 0.15) is 18.1 Å². The van der Waals surface area contributed by atoms with Crippen molar-refractivity contribution in [1.29, 1.82) is 0 Å². The molecule has 5 atom stereocenters. The maximum absolute atomic E-state index is 9.94. The Balaban J connectivity index is 1.92. The predicted molar refractivity (Wildman–Crippen MR) is 62.3 cm³/mol. The number of imidazole rings is 1. The molecule has 0 amide bonds. The van der Waals surface area contributed by atoms with Crippen molar-refractivity contribution in [3.05, 3.63) is 12.0 Å². The smallest absolute Gasteiger partial charge is 0.193 e. The summed E-state index contributed by atoms with van der Waals surface area (Å²) in [6.45, 7) is -0.400. The fourth-order valence-corrected chi connectivity index (χ4v) is 2.26. The van der Waals surface area contributed by atoms with Gasteiger partial charge in [0.2, 0.25) is 0 Å². The molecule has 0 aliphatic carbocycles. The van der Waals surface area contributed by atoms with Crippen molar-refractivity contribution in [2.45, 2.75) is 30.8 Å². The molecular weight excluding hydrogens is 256 g/mol. The highest BCUT2D eigenvalue weighted by Gasteiger charge is 2.44. The Morgan fingerprint density at radius 1 is 1.32 bits per heavy atom. The third-order valence-corrected chi connectivity index (χ3v) is 3.27. The van der Waals surface area contributed by atoms with E-state index in [0.717, 1.165) is 0 Å². The maximum atomic E-state index is 9.94. The number of nitrogens with zero attached hydrogens (tertiary/aromatic N) is 3. The fourth-order valence-electron chi connectivity index (χ4n) is 2.26. The molecule has 19 heavy (non-hydrogen) atoms. The number of ether oxygens (including phenoxy) is 1. The number of aromatic nitrogens is 2. The Bertz CT molecular complexity index is 504. The van der Waals surface area contributed by atoms with Gasteiger partial charge in [0, 0.05) is 0 Å². The van der Waals surface area contributed by atoms with Crippen molar-refractivity contribution in [1.82, 2.24) is 9.55 Å². The number of aliphatic hydroxyl groups is 4. The number of hydrogen-bond donors (Lipinski definition) is 5. The minimum Gasteiger partial charge on any atom is -0.394 e. The molecule has 1 fully saturated rings. The number of fused-ring (bicyclic) bond motifs is 1. The zero-order valence-electron chi connectivity index (χ0n) is 9.79. The summed E-state index contributed by atoms with van der Waals surface area (Å²) in [7, 11) is 0. The van der Waals surface area contributed by atoms with Crippen LogP contribution in [-0.4, -0.2) is 61.2 Å². The van der Waals surface area contributed by atoms with E-state index in [1.165, 1.54) is 17.2 Å². The van der Waals surface area contributed by atoms with E-state index in [2.05, 4.69) is 15.3 Å². The van der Waals surface area contributed by atoms with Crippen molar-refractivity contribution in [3.63, 3.8) is 0 Å². The number of nitrogens with one attached hydrogen (secondary N) is 1. The van der Waals surface area contributed by atoms with Crippen LogP contribution in [0.2, 0.25) is 0 Å². The molecule has 0 saturated carbocycles. The lowest BCUT2D eigenvalue weighted by Crippen LogP contribution is -2.33. The van der Waals surface area contributed by atoms with E-state index in [4.69, 9.17) is 9.84 Å². The molecule has 1 aromatic rings. The van der Waals surface area contributed by atoms with Gasteiger partial charge in [-0.2, -0.15) is 0 Å². The minimum absolute atomic E-state index is 0.306. The second-order valence-corrected chi connectivity index (χ2v) is 4.41. The average Bonchev–Trinajstić information content (AvgIpc) is 2.94. The van der Waals surface area contributed by atoms with Gasteiger partial charge < -0.3 is 30.5 Å². The topological polar surface area (TPSA) is 132 Å². The molecule has 2 aliphatic heterocycles. The van der Waals surface area contributed by atoms with E-state index < -0.39 is 37.4 Å². The van der Waals surface area contributed by atoms with E-state index in [1.54, 1.807) is 0 Å². The van der Waals surface area contributed by atoms with E-state index in [1.807, 2.05) is 0 Å². The zero-order valence-corrected chi connectivity index (χ0v) is 9.79. The molecule has 3 heterocycles. The van der Waals surface area contributed by atoms with Crippen molar-refractivity contribution < 1.29 is 25.2 Å². The molecule has 9 nitrogen and oxygen atoms in total. The zero-order chi connectivity index (χ0) is 13.6. The number of aliphatic imine (C=N–C) groups is 1. The van der Waals surface area contributed by atoms with Crippen LogP contribution < -0.4 is 5.32 Å². The molecule has 9 heteroatoms. The van der Waals surface area contributed by atoms with Crippen LogP contribution in [0.25, 0.3) is 0 Å². The molecule has 5 N–H and O–H groups in total. The summed E-state index contributed by atoms with van der Waals surface area (Å²) < 4.78 is 6.84. The number of anilines is 1. The number of aliphatic hydroxyl groups excluding tert-OH is 4. The molecule has 2 aliphatic rings. The largest absolute Gasteiger partial charge is 0.394 e. The van der Waals surface area contributed by atoms with Gasteiger partial charge in [0.1, 0.15) is 29.8 Å². The van der Waals surface area contributed by atoms with Crippen molar-refractivity contribution >= 4 is 12.2 Å². The maximum Gasteiger partial charge on any atom is 0.193 e. The van der Waals surface area contributed by atoms with Crippen molar-refractivity contribution in [3.8, 4) is 0 Å². The second kappa shape index (κ2) is 4.54. The van der Waals surface area contributed by atoms with Crippen molar-refractivity contribution in [2.75, 3.05) is 11.9 Å². The number of hydrogen-bond acceptors (Lipinski definition) is 8. The summed E-state index contributed by atoms with van der Waals surface area (Å²) >= 11 is 0. The van der Waals surface area contributed by atoms with E-state index >= 15 is 0 Å². The van der Waals surface area contributed by atoms with Gasteiger partial charge in [0.05, 0.1) is 19.3 Å². The van der Waals surface area contributed by atoms with Crippen LogP contribution in [0, 0.1) is 0 Å². The first-order valence-corrected chi connectivity index (χ1v) is 5.79. The quantitative estimate of drug-likeness (QED) is 0.417. The van der Waals surface area contributed by atoms with Crippen LogP contribution in [0.3, 0.4) is 0 Å². The Kier molecular flexibility index (Phi) is 2.99. The molecule has 2 unspecified atom stereocenters. The van der Waals surface area contributed by atoms with Gasteiger partial charge in [0.15, 0.2) is 12.5 Å². The van der Waals surface area contributed by atoms with Gasteiger partial charge in [-0.05, 0) is 0 Å². The van der Waals surface area contributed by atoms with E-state index in [0.29, 0.717) is 11.5 Å². The van der Waals surface area contributed by atoms with Crippen LogP contribution in [0.5, 0.6) is 0 Å². The second-order valence-electron chi connectivity index (χ2n) is 4.41. The molecular formula is C10H14N4O5. The van der Waals surface area contributed by atoms with Gasteiger partial charge in [-0.3, -0.25) is 4.57 Å². The molecule has 0 bridgehead atoms. The molecule has 3 rings (SSSR count). The van der Waals surface area contributed by atoms with Gasteiger partial charge in [-0.15, -0.1) is 0 Å². The highest BCUT2D eigenvalue weighted by molar-refractivity contribution is 5.77. The first kappa shape index (κ1) is 12.5. The van der Waals surface area contributed by atoms with Crippen LogP contribution in [0.4, 0.5) is 5.82 Å². The molecule has 1 saturated heterocycles. The lowest BCUT2D eigenvalue weighted by atomic mass is 10.1. The summed E-state index contributed by atoms with van der Waals surface area (Å²) in [6.07, 6.45) is -2.53. The van der Waals surface area contributed by atoms with Gasteiger partial charge in [-0.25, -0.2) is 9.98 Å². The summed E-state index contributed by atoms with van der Waals surface area (Å²) in [4.78, 5) is 7.72. The van der Waals surface area contributed by atoms with Crippen LogP contribution in [-0.2, 0) is 4.74 Å². The third kappa shape index (κ3) is 1.83. The molecule has 0 spiro atoms. The Morgan fingerprint density at radius 3 is 2.79 bits per heavy atom. The Hall–Kier alpha value is -1.52. The Labute approximate surface area is 107 Å². The summed E-state index contributed by atoms with van der Waals surface area (Å²) in [5.41, 5.74) is 0.306. The van der Waals surface area contributed by atoms with Crippen molar-refractivity contribution in [2.24, 2.45) is 4.99 Å². The fraction of sp³-hybridized carbons (Fsp3) is 0.600. The van der Waals surface area contributed by atoms with Crippen LogP contribution >= 0.6 is 0 Å². The predicted octanol–water partition coefficient (Wildman–Crippen LogP) is -2.06. The SMILES string of the molecule is OC[C@H]1O[C@@H](n2cnc3c2NC=NC3O)C(O)[C@@H]1O. The summed E-state index contributed by atoms with van der Waals surface area (Å²) in [6, 6.07) is 0. The summed E-state index contributed by atoms with van der Waals surface area (Å²) in [5, 5.41) is 41.1. The Morgan fingerprint density at radius 2 is 2.11 bits per heavy atom.